The smallest absolute Gasteiger partial charge is 0.222 e. The van der Waals surface area contributed by atoms with Crippen molar-refractivity contribution in [3.05, 3.63) is 47.4 Å². The van der Waals surface area contributed by atoms with E-state index in [-0.39, 0.29) is 17.7 Å². The van der Waals surface area contributed by atoms with Gasteiger partial charge in [0.1, 0.15) is 17.2 Å². The molecule has 2 aliphatic rings. The Hall–Kier alpha value is -3.30. The third-order valence-electron chi connectivity index (χ3n) is 6.84. The molecule has 5 rings (SSSR count). The van der Waals surface area contributed by atoms with E-state index in [1.54, 1.807) is 20.2 Å². The maximum absolute atomic E-state index is 11.7. The van der Waals surface area contributed by atoms with Crippen LogP contribution in [0.15, 0.2) is 30.6 Å². The molecule has 2 aliphatic heterocycles. The lowest BCUT2D eigenvalue weighted by Gasteiger charge is -2.38. The van der Waals surface area contributed by atoms with E-state index in [0.29, 0.717) is 32.1 Å². The van der Waals surface area contributed by atoms with Gasteiger partial charge in [0.2, 0.25) is 11.8 Å². The molecule has 0 radical (unpaired) electrons. The molecule has 0 unspecified atom stereocenters. The molecule has 3 aromatic rings. The second kappa shape index (κ2) is 8.48. The number of anilines is 1. The summed E-state index contributed by atoms with van der Waals surface area (Å²) in [5.41, 5.74) is 3.35. The van der Waals surface area contributed by atoms with Gasteiger partial charge in [-0.25, -0.2) is 9.97 Å². The summed E-state index contributed by atoms with van der Waals surface area (Å²) in [6.45, 7) is 7.56. The quantitative estimate of drug-likeness (QED) is 0.625. The summed E-state index contributed by atoms with van der Waals surface area (Å²) in [7, 11) is 1.70. The lowest BCUT2D eigenvalue weighted by atomic mass is 9.91. The summed E-state index contributed by atoms with van der Waals surface area (Å²) in [4.78, 5) is 34.7. The normalized spacial score (nSPS) is 20.5. The van der Waals surface area contributed by atoms with E-state index in [1.165, 1.54) is 6.92 Å². The molecule has 5 heterocycles. The number of carbonyl (C=O) groups excluding carboxylic acids is 2. The van der Waals surface area contributed by atoms with Crippen LogP contribution in [0.5, 0.6) is 0 Å². The number of nitrogens with one attached hydrogen (secondary N) is 1. The average molecular weight is 464 g/mol. The van der Waals surface area contributed by atoms with Crippen LogP contribution in [0, 0.1) is 6.92 Å². The molecule has 1 N–H and O–H groups in total. The zero-order valence-electron chi connectivity index (χ0n) is 19.9. The van der Waals surface area contributed by atoms with Crippen molar-refractivity contribution in [1.82, 2.24) is 19.4 Å². The summed E-state index contributed by atoms with van der Waals surface area (Å²) in [6.07, 6.45) is 4.62. The Morgan fingerprint density at radius 1 is 1.24 bits per heavy atom. The number of fused-ring (bicyclic) bond motifs is 1. The first-order chi connectivity index (χ1) is 16.3. The SMILES string of the molecule is CO[C@@]1(c2cc(C)cc(-n3cc(C4CN(C(C)=O)C4)c4cnc(NC(C)=O)cc43)n2)CCOC1. The second-order valence-electron chi connectivity index (χ2n) is 9.23. The zero-order valence-corrected chi connectivity index (χ0v) is 19.9. The van der Waals surface area contributed by atoms with Crippen LogP contribution < -0.4 is 5.32 Å². The standard InChI is InChI=1S/C25H29N5O4/c1-15-7-22(25(33-4)5-6-34-14-25)28-24(8-15)30-13-20(18-11-29(12-18)17(3)32)19-10-26-23(9-21(19)30)27-16(2)31/h7-10,13,18H,5-6,11-12,14H2,1-4H3,(H,26,27,31)/t25-/m0/s1. The number of rotatable bonds is 5. The summed E-state index contributed by atoms with van der Waals surface area (Å²) < 4.78 is 13.6. The van der Waals surface area contributed by atoms with Gasteiger partial charge in [-0.3, -0.25) is 9.59 Å². The first kappa shape index (κ1) is 22.5. The summed E-state index contributed by atoms with van der Waals surface area (Å²) in [6, 6.07) is 5.96. The first-order valence-corrected chi connectivity index (χ1v) is 11.5. The fraction of sp³-hybridized carbons (Fsp3) is 0.440. The molecule has 0 spiro atoms. The summed E-state index contributed by atoms with van der Waals surface area (Å²) in [5, 5.41) is 3.76. The number of methoxy groups -OCH3 is 1. The average Bonchev–Trinajstić information content (AvgIpc) is 3.37. The number of pyridine rings is 2. The topological polar surface area (TPSA) is 98.6 Å². The molecule has 1 atom stereocenters. The van der Waals surface area contributed by atoms with Gasteiger partial charge < -0.3 is 24.3 Å². The monoisotopic (exact) mass is 463 g/mol. The number of aryl methyl sites for hydroxylation is 1. The molecule has 34 heavy (non-hydrogen) atoms. The van der Waals surface area contributed by atoms with Crippen molar-refractivity contribution in [1.29, 1.82) is 0 Å². The van der Waals surface area contributed by atoms with Crippen LogP contribution in [0.1, 0.15) is 43.0 Å². The van der Waals surface area contributed by atoms with Crippen LogP contribution in [0.4, 0.5) is 5.82 Å². The van der Waals surface area contributed by atoms with Crippen molar-refractivity contribution in [3.63, 3.8) is 0 Å². The minimum Gasteiger partial charge on any atom is -0.378 e. The third kappa shape index (κ3) is 3.84. The molecule has 3 aromatic heterocycles. The number of carbonyl (C=O) groups is 2. The Bertz CT molecular complexity index is 1270. The lowest BCUT2D eigenvalue weighted by molar-refractivity contribution is -0.133. The molecule has 2 saturated heterocycles. The molecular formula is C25H29N5O4. The molecule has 0 saturated carbocycles. The van der Waals surface area contributed by atoms with Gasteiger partial charge in [-0.2, -0.15) is 0 Å². The van der Waals surface area contributed by atoms with E-state index in [9.17, 15) is 9.59 Å². The van der Waals surface area contributed by atoms with E-state index < -0.39 is 5.60 Å². The summed E-state index contributed by atoms with van der Waals surface area (Å²) >= 11 is 0. The predicted octanol–water partition coefficient (Wildman–Crippen LogP) is 2.90. The van der Waals surface area contributed by atoms with E-state index in [1.807, 2.05) is 28.5 Å². The molecule has 9 heteroatoms. The van der Waals surface area contributed by atoms with E-state index in [4.69, 9.17) is 14.5 Å². The Morgan fingerprint density at radius 3 is 2.68 bits per heavy atom. The van der Waals surface area contributed by atoms with Gasteiger partial charge in [0.05, 0.1) is 17.8 Å². The van der Waals surface area contributed by atoms with Crippen LogP contribution in [-0.2, 0) is 24.7 Å². The number of aromatic nitrogens is 3. The Labute approximate surface area is 198 Å². The molecule has 0 bridgehead atoms. The number of likely N-dealkylation sites (tertiary alicyclic amines) is 1. The minimum absolute atomic E-state index is 0.0831. The Balaban J connectivity index is 1.64. The van der Waals surface area contributed by atoms with E-state index in [2.05, 4.69) is 22.6 Å². The highest BCUT2D eigenvalue weighted by Gasteiger charge is 2.39. The van der Waals surface area contributed by atoms with Gasteiger partial charge in [-0.05, 0) is 30.2 Å². The number of nitrogens with zero attached hydrogens (tertiary/aromatic N) is 4. The molecular weight excluding hydrogens is 434 g/mol. The molecule has 2 amide bonds. The fourth-order valence-electron chi connectivity index (χ4n) is 4.86. The molecule has 178 valence electrons. The van der Waals surface area contributed by atoms with Crippen molar-refractivity contribution in [2.24, 2.45) is 0 Å². The Morgan fingerprint density at radius 2 is 2.03 bits per heavy atom. The predicted molar refractivity (Wildman–Crippen MR) is 127 cm³/mol. The molecule has 9 nitrogen and oxygen atoms in total. The van der Waals surface area contributed by atoms with Gasteiger partial charge in [0.15, 0.2) is 0 Å². The largest absolute Gasteiger partial charge is 0.378 e. The third-order valence-corrected chi connectivity index (χ3v) is 6.84. The highest BCUT2D eigenvalue weighted by atomic mass is 16.5. The number of ether oxygens (including phenoxy) is 2. The lowest BCUT2D eigenvalue weighted by Crippen LogP contribution is -2.47. The van der Waals surface area contributed by atoms with Crippen LogP contribution in [0.3, 0.4) is 0 Å². The number of hydrogen-bond acceptors (Lipinski definition) is 6. The van der Waals surface area contributed by atoms with Crippen molar-refractivity contribution in [2.45, 2.75) is 38.7 Å². The highest BCUT2D eigenvalue weighted by molar-refractivity contribution is 5.92. The van der Waals surface area contributed by atoms with Gasteiger partial charge in [0.25, 0.3) is 0 Å². The van der Waals surface area contributed by atoms with Crippen LogP contribution in [0.2, 0.25) is 0 Å². The van der Waals surface area contributed by atoms with Crippen molar-refractivity contribution in [2.75, 3.05) is 38.7 Å². The Kier molecular flexibility index (Phi) is 5.61. The van der Waals surface area contributed by atoms with Gasteiger partial charge in [0, 0.05) is 76.8 Å². The van der Waals surface area contributed by atoms with Gasteiger partial charge >= 0.3 is 0 Å². The van der Waals surface area contributed by atoms with Crippen LogP contribution in [-0.4, -0.2) is 64.7 Å². The highest BCUT2D eigenvalue weighted by Crippen LogP contribution is 2.37. The van der Waals surface area contributed by atoms with Crippen LogP contribution >= 0.6 is 0 Å². The number of amides is 2. The molecule has 0 aromatic carbocycles. The first-order valence-electron chi connectivity index (χ1n) is 11.5. The zero-order chi connectivity index (χ0) is 24.0. The molecule has 2 fully saturated rings. The van der Waals surface area contributed by atoms with Crippen molar-refractivity contribution >= 4 is 28.5 Å². The van der Waals surface area contributed by atoms with Gasteiger partial charge in [-0.1, -0.05) is 0 Å². The van der Waals surface area contributed by atoms with Gasteiger partial charge in [-0.15, -0.1) is 0 Å². The van der Waals surface area contributed by atoms with E-state index >= 15 is 0 Å². The maximum atomic E-state index is 11.7. The van der Waals surface area contributed by atoms with Crippen molar-refractivity contribution in [3.8, 4) is 5.82 Å². The van der Waals surface area contributed by atoms with Crippen LogP contribution in [0.25, 0.3) is 16.7 Å². The minimum atomic E-state index is -0.564. The fourth-order valence-corrected chi connectivity index (χ4v) is 4.86. The molecule has 0 aliphatic carbocycles. The van der Waals surface area contributed by atoms with E-state index in [0.717, 1.165) is 40.0 Å². The van der Waals surface area contributed by atoms with Crippen molar-refractivity contribution < 1.29 is 19.1 Å². The maximum Gasteiger partial charge on any atom is 0.222 e. The number of hydrogen-bond donors (Lipinski definition) is 1. The second-order valence-corrected chi connectivity index (χ2v) is 9.23. The summed E-state index contributed by atoms with van der Waals surface area (Å²) in [5.74, 6) is 1.37.